The molecule has 2 rings (SSSR count). The summed E-state index contributed by atoms with van der Waals surface area (Å²) in [6.07, 6.45) is 4.89. The summed E-state index contributed by atoms with van der Waals surface area (Å²) < 4.78 is 0. The van der Waals surface area contributed by atoms with E-state index >= 15 is 0 Å². The number of hydrogen-bond acceptors (Lipinski definition) is 2. The van der Waals surface area contributed by atoms with Crippen LogP contribution in [0.4, 0.5) is 4.79 Å². The van der Waals surface area contributed by atoms with Crippen molar-refractivity contribution in [2.45, 2.75) is 45.2 Å². The van der Waals surface area contributed by atoms with Crippen LogP contribution in [0.15, 0.2) is 24.3 Å². The predicted molar refractivity (Wildman–Crippen MR) is 80.2 cm³/mol. The highest BCUT2D eigenvalue weighted by Gasteiger charge is 2.21. The summed E-state index contributed by atoms with van der Waals surface area (Å²) >= 11 is 0. The number of carbonyl (C=O) groups is 2. The minimum atomic E-state index is -0.947. The van der Waals surface area contributed by atoms with Crippen LogP contribution in [-0.2, 0) is 6.54 Å². The Hall–Kier alpha value is -2.04. The van der Waals surface area contributed by atoms with E-state index in [4.69, 9.17) is 5.11 Å². The number of benzene rings is 1. The van der Waals surface area contributed by atoms with Crippen molar-refractivity contribution in [3.8, 4) is 0 Å². The fourth-order valence-corrected chi connectivity index (χ4v) is 2.19. The number of carboxylic acids is 1. The van der Waals surface area contributed by atoms with Gasteiger partial charge in [-0.2, -0.15) is 0 Å². The Labute approximate surface area is 124 Å². The van der Waals surface area contributed by atoms with Crippen molar-refractivity contribution in [3.63, 3.8) is 0 Å². The second-order valence-electron chi connectivity index (χ2n) is 5.75. The molecule has 0 radical (unpaired) electrons. The van der Waals surface area contributed by atoms with E-state index in [1.165, 1.54) is 31.4 Å². The maximum Gasteiger partial charge on any atom is 0.335 e. The van der Waals surface area contributed by atoms with Gasteiger partial charge in [0.05, 0.1) is 5.56 Å². The van der Waals surface area contributed by atoms with Crippen LogP contribution in [0.1, 0.15) is 48.5 Å². The number of hydrogen-bond donors (Lipinski definition) is 3. The Kier molecular flexibility index (Phi) is 5.20. The maximum absolute atomic E-state index is 11.7. The van der Waals surface area contributed by atoms with Crippen LogP contribution < -0.4 is 10.6 Å². The van der Waals surface area contributed by atoms with Gasteiger partial charge in [0.25, 0.3) is 0 Å². The van der Waals surface area contributed by atoms with Gasteiger partial charge in [0.15, 0.2) is 0 Å². The molecular formula is C16H22N2O3. The summed E-state index contributed by atoms with van der Waals surface area (Å²) in [6, 6.07) is 6.49. The molecule has 0 aromatic heterocycles. The number of nitrogens with one attached hydrogen (secondary N) is 2. The third-order valence-electron chi connectivity index (χ3n) is 3.74. The predicted octanol–water partition coefficient (Wildman–Crippen LogP) is 2.76. The highest BCUT2D eigenvalue weighted by atomic mass is 16.4. The van der Waals surface area contributed by atoms with Crippen LogP contribution in [0.25, 0.3) is 0 Å². The molecule has 1 aliphatic carbocycles. The van der Waals surface area contributed by atoms with Gasteiger partial charge in [-0.3, -0.25) is 0 Å². The lowest BCUT2D eigenvalue weighted by atomic mass is 10.1. The zero-order chi connectivity index (χ0) is 15.2. The van der Waals surface area contributed by atoms with Crippen LogP contribution in [0.5, 0.6) is 0 Å². The molecule has 2 amide bonds. The lowest BCUT2D eigenvalue weighted by Crippen LogP contribution is -2.40. The van der Waals surface area contributed by atoms with Gasteiger partial charge in [0, 0.05) is 12.6 Å². The molecule has 1 fully saturated rings. The molecule has 1 saturated carbocycles. The van der Waals surface area contributed by atoms with E-state index in [0.29, 0.717) is 6.54 Å². The molecule has 1 aliphatic rings. The van der Waals surface area contributed by atoms with Crippen LogP contribution in [0, 0.1) is 5.92 Å². The van der Waals surface area contributed by atoms with Crippen molar-refractivity contribution in [1.29, 1.82) is 0 Å². The van der Waals surface area contributed by atoms with Gasteiger partial charge >= 0.3 is 12.0 Å². The first-order valence-corrected chi connectivity index (χ1v) is 7.41. The molecule has 0 saturated heterocycles. The van der Waals surface area contributed by atoms with E-state index in [0.717, 1.165) is 17.9 Å². The maximum atomic E-state index is 11.7. The Bertz CT molecular complexity index is 495. The number of carboxylic acid groups (broad SMARTS) is 1. The first kappa shape index (κ1) is 15.4. The lowest BCUT2D eigenvalue weighted by molar-refractivity contribution is 0.0697. The van der Waals surface area contributed by atoms with Gasteiger partial charge in [-0.25, -0.2) is 9.59 Å². The quantitative estimate of drug-likeness (QED) is 0.722. The molecule has 114 valence electrons. The third kappa shape index (κ3) is 5.45. The highest BCUT2D eigenvalue weighted by molar-refractivity contribution is 5.87. The van der Waals surface area contributed by atoms with E-state index in [-0.39, 0.29) is 17.6 Å². The summed E-state index contributed by atoms with van der Waals surface area (Å²) in [5.41, 5.74) is 1.12. The molecule has 0 spiro atoms. The number of amides is 2. The highest BCUT2D eigenvalue weighted by Crippen LogP contribution is 2.33. The summed E-state index contributed by atoms with van der Waals surface area (Å²) in [7, 11) is 0. The van der Waals surface area contributed by atoms with E-state index < -0.39 is 5.97 Å². The minimum absolute atomic E-state index is 0.180. The van der Waals surface area contributed by atoms with E-state index in [9.17, 15) is 9.59 Å². The molecule has 21 heavy (non-hydrogen) atoms. The number of urea groups is 1. The molecule has 0 aliphatic heterocycles. The Balaban J connectivity index is 1.68. The second-order valence-corrected chi connectivity index (χ2v) is 5.75. The second kappa shape index (κ2) is 7.11. The number of aromatic carboxylic acids is 1. The van der Waals surface area contributed by atoms with Crippen LogP contribution in [0.3, 0.4) is 0 Å². The van der Waals surface area contributed by atoms with Crippen LogP contribution in [0.2, 0.25) is 0 Å². The number of rotatable bonds is 7. The average Bonchev–Trinajstić information content (AvgIpc) is 3.27. The van der Waals surface area contributed by atoms with Crippen molar-refractivity contribution >= 4 is 12.0 Å². The molecule has 3 N–H and O–H groups in total. The Morgan fingerprint density at radius 2 is 1.95 bits per heavy atom. The molecule has 1 unspecified atom stereocenters. The monoisotopic (exact) mass is 290 g/mol. The number of carbonyl (C=O) groups excluding carboxylic acids is 1. The average molecular weight is 290 g/mol. The Morgan fingerprint density at radius 3 is 2.52 bits per heavy atom. The van der Waals surface area contributed by atoms with Crippen molar-refractivity contribution in [1.82, 2.24) is 10.6 Å². The van der Waals surface area contributed by atoms with Gasteiger partial charge in [-0.1, -0.05) is 25.0 Å². The molecular weight excluding hydrogens is 268 g/mol. The standard InChI is InChI=1S/C16H22N2O3/c1-11(2-3-12-4-5-12)18-16(21)17-10-13-6-8-14(9-7-13)15(19)20/h6-9,11-12H,2-5,10H2,1H3,(H,19,20)(H2,17,18,21). The minimum Gasteiger partial charge on any atom is -0.478 e. The van der Waals surface area contributed by atoms with E-state index in [2.05, 4.69) is 10.6 Å². The van der Waals surface area contributed by atoms with Gasteiger partial charge in [-0.05, 0) is 43.4 Å². The first-order valence-electron chi connectivity index (χ1n) is 7.41. The van der Waals surface area contributed by atoms with Gasteiger partial charge < -0.3 is 15.7 Å². The summed E-state index contributed by atoms with van der Waals surface area (Å²) in [6.45, 7) is 2.41. The SMILES string of the molecule is CC(CCC1CC1)NC(=O)NCc1ccc(C(=O)O)cc1. The van der Waals surface area contributed by atoms with Crippen molar-refractivity contribution in [2.75, 3.05) is 0 Å². The molecule has 5 nitrogen and oxygen atoms in total. The topological polar surface area (TPSA) is 78.4 Å². The van der Waals surface area contributed by atoms with Crippen molar-refractivity contribution < 1.29 is 14.7 Å². The molecule has 5 heteroatoms. The largest absolute Gasteiger partial charge is 0.478 e. The van der Waals surface area contributed by atoms with Crippen LogP contribution in [-0.4, -0.2) is 23.1 Å². The smallest absolute Gasteiger partial charge is 0.335 e. The Morgan fingerprint density at radius 1 is 1.29 bits per heavy atom. The van der Waals surface area contributed by atoms with Gasteiger partial charge in [0.1, 0.15) is 0 Å². The van der Waals surface area contributed by atoms with Crippen LogP contribution >= 0.6 is 0 Å². The lowest BCUT2D eigenvalue weighted by Gasteiger charge is -2.14. The summed E-state index contributed by atoms with van der Waals surface area (Å²) in [5.74, 6) is -0.0678. The zero-order valence-corrected chi connectivity index (χ0v) is 12.3. The summed E-state index contributed by atoms with van der Waals surface area (Å²) in [5, 5.41) is 14.5. The van der Waals surface area contributed by atoms with Crippen molar-refractivity contribution in [2.24, 2.45) is 5.92 Å². The zero-order valence-electron chi connectivity index (χ0n) is 12.3. The summed E-state index contributed by atoms with van der Waals surface area (Å²) in [4.78, 5) is 22.5. The molecule has 1 aromatic carbocycles. The van der Waals surface area contributed by atoms with Gasteiger partial charge in [0.2, 0.25) is 0 Å². The fraction of sp³-hybridized carbons (Fsp3) is 0.500. The first-order chi connectivity index (χ1) is 10.0. The van der Waals surface area contributed by atoms with E-state index in [1.54, 1.807) is 12.1 Å². The van der Waals surface area contributed by atoms with E-state index in [1.807, 2.05) is 6.92 Å². The third-order valence-corrected chi connectivity index (χ3v) is 3.74. The normalized spacial score (nSPS) is 15.3. The molecule has 1 atom stereocenters. The van der Waals surface area contributed by atoms with Crippen molar-refractivity contribution in [3.05, 3.63) is 35.4 Å². The molecule has 0 bridgehead atoms. The molecule has 0 heterocycles. The molecule has 1 aromatic rings. The van der Waals surface area contributed by atoms with Gasteiger partial charge in [-0.15, -0.1) is 0 Å². The fourth-order valence-electron chi connectivity index (χ4n) is 2.19.